The van der Waals surface area contributed by atoms with Gasteiger partial charge in [-0.3, -0.25) is 14.5 Å². The van der Waals surface area contributed by atoms with Crippen LogP contribution in [0.4, 0.5) is 4.79 Å². The summed E-state index contributed by atoms with van der Waals surface area (Å²) < 4.78 is 21.0. The fourth-order valence-corrected chi connectivity index (χ4v) is 3.89. The molecule has 0 bridgehead atoms. The van der Waals surface area contributed by atoms with Crippen LogP contribution in [0.5, 0.6) is 11.5 Å². The number of amides is 2. The molecule has 0 radical (unpaired) electrons. The first-order valence-electron chi connectivity index (χ1n) is 9.20. The highest BCUT2D eigenvalue weighted by Gasteiger charge is 2.36. The summed E-state index contributed by atoms with van der Waals surface area (Å²) in [6.45, 7) is 3.63. The van der Waals surface area contributed by atoms with E-state index in [1.165, 1.54) is 26.4 Å². The lowest BCUT2D eigenvalue weighted by Gasteiger charge is -2.15. The van der Waals surface area contributed by atoms with Crippen molar-refractivity contribution in [2.24, 2.45) is 0 Å². The van der Waals surface area contributed by atoms with Gasteiger partial charge in [0.05, 0.1) is 36.8 Å². The summed E-state index contributed by atoms with van der Waals surface area (Å²) in [6.07, 6.45) is 1.45. The zero-order chi connectivity index (χ0) is 22.7. The van der Waals surface area contributed by atoms with Gasteiger partial charge in [0.2, 0.25) is 5.76 Å². The van der Waals surface area contributed by atoms with Crippen LogP contribution in [0.2, 0.25) is 5.02 Å². The average Bonchev–Trinajstić information content (AvgIpc) is 3.29. The Morgan fingerprint density at radius 1 is 1.26 bits per heavy atom. The van der Waals surface area contributed by atoms with Crippen molar-refractivity contribution in [1.82, 2.24) is 4.90 Å². The van der Waals surface area contributed by atoms with E-state index in [0.717, 1.165) is 16.7 Å². The first-order chi connectivity index (χ1) is 14.7. The first kappa shape index (κ1) is 22.8. The van der Waals surface area contributed by atoms with Crippen molar-refractivity contribution in [3.05, 3.63) is 51.3 Å². The number of halogens is 1. The number of ether oxygens (including phenoxy) is 3. The molecule has 0 atom stereocenters. The normalized spacial score (nSPS) is 15.2. The minimum atomic E-state index is -0.643. The predicted octanol–water partition coefficient (Wildman–Crippen LogP) is 4.75. The maximum Gasteiger partial charge on any atom is 0.373 e. The third kappa shape index (κ3) is 5.05. The maximum absolute atomic E-state index is 12.8. The van der Waals surface area contributed by atoms with E-state index in [-0.39, 0.29) is 29.1 Å². The SMILES string of the molecule is COC(=O)c1ccc(CN2C(=O)S/C(=C/c3cc(Cl)c(OC(C)C)c(OC)c3)C2=O)o1. The number of methoxy groups -OCH3 is 2. The first-order valence-corrected chi connectivity index (χ1v) is 10.4. The summed E-state index contributed by atoms with van der Waals surface area (Å²) in [7, 11) is 2.72. The highest BCUT2D eigenvalue weighted by molar-refractivity contribution is 8.18. The zero-order valence-electron chi connectivity index (χ0n) is 17.3. The van der Waals surface area contributed by atoms with Gasteiger partial charge in [-0.15, -0.1) is 0 Å². The summed E-state index contributed by atoms with van der Waals surface area (Å²) in [4.78, 5) is 37.9. The molecule has 0 N–H and O–H groups in total. The number of thioether (sulfide) groups is 1. The minimum absolute atomic E-state index is 0.00884. The lowest BCUT2D eigenvalue weighted by Crippen LogP contribution is -2.27. The number of esters is 1. The molecule has 1 aromatic carbocycles. The molecule has 1 saturated heterocycles. The molecule has 1 fully saturated rings. The van der Waals surface area contributed by atoms with Crippen LogP contribution in [0.25, 0.3) is 6.08 Å². The van der Waals surface area contributed by atoms with Crippen molar-refractivity contribution in [3.63, 3.8) is 0 Å². The fraction of sp³-hybridized carbons (Fsp3) is 0.286. The molecule has 31 heavy (non-hydrogen) atoms. The number of rotatable bonds is 7. The van der Waals surface area contributed by atoms with Crippen LogP contribution >= 0.6 is 23.4 Å². The van der Waals surface area contributed by atoms with Crippen LogP contribution in [0.1, 0.15) is 35.7 Å². The largest absolute Gasteiger partial charge is 0.493 e. The van der Waals surface area contributed by atoms with Crippen molar-refractivity contribution in [3.8, 4) is 11.5 Å². The monoisotopic (exact) mass is 465 g/mol. The number of nitrogens with zero attached hydrogens (tertiary/aromatic N) is 1. The molecule has 0 spiro atoms. The lowest BCUT2D eigenvalue weighted by atomic mass is 10.1. The van der Waals surface area contributed by atoms with Crippen molar-refractivity contribution < 1.29 is 33.0 Å². The molecule has 1 aliphatic rings. The van der Waals surface area contributed by atoms with Gasteiger partial charge in [-0.05, 0) is 61.5 Å². The van der Waals surface area contributed by atoms with Gasteiger partial charge in [0, 0.05) is 0 Å². The molecule has 164 valence electrons. The van der Waals surface area contributed by atoms with Crippen molar-refractivity contribution >= 4 is 46.6 Å². The van der Waals surface area contributed by atoms with Gasteiger partial charge >= 0.3 is 5.97 Å². The van der Waals surface area contributed by atoms with Gasteiger partial charge in [0.1, 0.15) is 5.76 Å². The van der Waals surface area contributed by atoms with Gasteiger partial charge in [0.15, 0.2) is 11.5 Å². The van der Waals surface area contributed by atoms with Crippen molar-refractivity contribution in [2.45, 2.75) is 26.5 Å². The number of hydrogen-bond acceptors (Lipinski definition) is 8. The number of carbonyl (C=O) groups is 3. The molecule has 1 aliphatic heterocycles. The van der Waals surface area contributed by atoms with E-state index < -0.39 is 17.1 Å². The number of hydrogen-bond donors (Lipinski definition) is 0. The molecular formula is C21H20ClNO7S. The molecule has 8 nitrogen and oxygen atoms in total. The number of carbonyl (C=O) groups excluding carboxylic acids is 3. The molecule has 1 aromatic heterocycles. The Morgan fingerprint density at radius 2 is 2.00 bits per heavy atom. The maximum atomic E-state index is 12.8. The van der Waals surface area contributed by atoms with E-state index in [1.54, 1.807) is 18.2 Å². The van der Waals surface area contributed by atoms with Gasteiger partial charge in [-0.1, -0.05) is 11.6 Å². The Hall–Kier alpha value is -2.91. The van der Waals surface area contributed by atoms with E-state index in [0.29, 0.717) is 22.1 Å². The van der Waals surface area contributed by atoms with Crippen molar-refractivity contribution in [1.29, 1.82) is 0 Å². The van der Waals surface area contributed by atoms with Gasteiger partial charge in [0.25, 0.3) is 11.1 Å². The van der Waals surface area contributed by atoms with E-state index >= 15 is 0 Å². The molecule has 0 saturated carbocycles. The number of furan rings is 1. The van der Waals surface area contributed by atoms with E-state index in [2.05, 4.69) is 4.74 Å². The second kappa shape index (κ2) is 9.49. The smallest absolute Gasteiger partial charge is 0.373 e. The van der Waals surface area contributed by atoms with Crippen LogP contribution in [0, 0.1) is 0 Å². The highest BCUT2D eigenvalue weighted by atomic mass is 35.5. The second-order valence-electron chi connectivity index (χ2n) is 6.73. The molecule has 0 unspecified atom stereocenters. The topological polar surface area (TPSA) is 95.3 Å². The van der Waals surface area contributed by atoms with Crippen LogP contribution in [0.3, 0.4) is 0 Å². The van der Waals surface area contributed by atoms with Crippen LogP contribution in [-0.4, -0.2) is 42.3 Å². The summed E-state index contributed by atoms with van der Waals surface area (Å²) in [5.74, 6) is -0.0322. The second-order valence-corrected chi connectivity index (χ2v) is 8.13. The average molecular weight is 466 g/mol. The van der Waals surface area contributed by atoms with Crippen LogP contribution in [-0.2, 0) is 16.1 Å². The lowest BCUT2D eigenvalue weighted by molar-refractivity contribution is -0.123. The molecule has 2 heterocycles. The Labute approximate surface area is 188 Å². The highest BCUT2D eigenvalue weighted by Crippen LogP contribution is 2.39. The van der Waals surface area contributed by atoms with Gasteiger partial charge < -0.3 is 18.6 Å². The zero-order valence-corrected chi connectivity index (χ0v) is 18.8. The molecule has 2 aromatic rings. The van der Waals surface area contributed by atoms with E-state index in [4.69, 9.17) is 25.5 Å². The fourth-order valence-electron chi connectivity index (χ4n) is 2.79. The third-order valence-corrected chi connectivity index (χ3v) is 5.33. The molecular weight excluding hydrogens is 446 g/mol. The summed E-state index contributed by atoms with van der Waals surface area (Å²) >= 11 is 7.13. The van der Waals surface area contributed by atoms with Crippen LogP contribution in [0.15, 0.2) is 33.6 Å². The Kier molecular flexibility index (Phi) is 6.97. The standard InChI is InChI=1S/C21H20ClNO7S/c1-11(2)29-18-14(22)7-12(8-16(18)27-3)9-17-19(24)23(21(26)31-17)10-13-5-6-15(30-13)20(25)28-4/h5-9,11H,10H2,1-4H3/b17-9+. The van der Waals surface area contributed by atoms with Crippen molar-refractivity contribution in [2.75, 3.05) is 14.2 Å². The Balaban J connectivity index is 1.82. The Morgan fingerprint density at radius 3 is 2.65 bits per heavy atom. The van der Waals surface area contributed by atoms with Gasteiger partial charge in [-0.2, -0.15) is 0 Å². The molecule has 10 heteroatoms. The molecule has 3 rings (SSSR count). The number of imide groups is 1. The minimum Gasteiger partial charge on any atom is -0.493 e. The van der Waals surface area contributed by atoms with E-state index in [9.17, 15) is 14.4 Å². The van der Waals surface area contributed by atoms with Crippen LogP contribution < -0.4 is 9.47 Å². The summed E-state index contributed by atoms with van der Waals surface area (Å²) in [5.41, 5.74) is 0.578. The quantitative estimate of drug-likeness (QED) is 0.427. The third-order valence-electron chi connectivity index (χ3n) is 4.14. The summed E-state index contributed by atoms with van der Waals surface area (Å²) in [5, 5.41) is -0.130. The Bertz CT molecular complexity index is 1060. The number of benzene rings is 1. The predicted molar refractivity (Wildman–Crippen MR) is 115 cm³/mol. The molecule has 0 aliphatic carbocycles. The van der Waals surface area contributed by atoms with E-state index in [1.807, 2.05) is 13.8 Å². The summed E-state index contributed by atoms with van der Waals surface area (Å²) in [6, 6.07) is 6.24. The van der Waals surface area contributed by atoms with Gasteiger partial charge in [-0.25, -0.2) is 4.79 Å². The molecule has 2 amide bonds.